The summed E-state index contributed by atoms with van der Waals surface area (Å²) in [5.74, 6) is 0.325. The van der Waals surface area contributed by atoms with Crippen molar-refractivity contribution in [2.24, 2.45) is 0 Å². The molecule has 3 rings (SSSR count). The third-order valence-electron chi connectivity index (χ3n) is 3.83. The van der Waals surface area contributed by atoms with Gasteiger partial charge in [-0.3, -0.25) is 4.79 Å². The van der Waals surface area contributed by atoms with E-state index in [1.54, 1.807) is 0 Å². The van der Waals surface area contributed by atoms with Gasteiger partial charge in [0.2, 0.25) is 11.9 Å². The first-order valence-electron chi connectivity index (χ1n) is 8.24. The van der Waals surface area contributed by atoms with Crippen LogP contribution in [0, 0.1) is 0 Å². The SMILES string of the molecule is Nc1nc(N)c(NCc2ccc(NC(=O)CBr)cc2)c(-c2ccccc2)n1. The van der Waals surface area contributed by atoms with Gasteiger partial charge in [0.15, 0.2) is 5.82 Å². The molecule has 138 valence electrons. The number of benzene rings is 2. The summed E-state index contributed by atoms with van der Waals surface area (Å²) in [4.78, 5) is 19.8. The summed E-state index contributed by atoms with van der Waals surface area (Å²) in [5, 5.41) is 6.33. The Balaban J connectivity index is 1.79. The van der Waals surface area contributed by atoms with Crippen LogP contribution >= 0.6 is 15.9 Å². The molecule has 1 amide bonds. The van der Waals surface area contributed by atoms with Crippen LogP contribution in [-0.4, -0.2) is 21.2 Å². The molecule has 1 heterocycles. The number of nitrogen functional groups attached to an aromatic ring is 2. The number of amides is 1. The molecule has 0 fully saturated rings. The summed E-state index contributed by atoms with van der Waals surface area (Å²) in [5.41, 5.74) is 15.8. The van der Waals surface area contributed by atoms with Crippen LogP contribution in [-0.2, 0) is 11.3 Å². The van der Waals surface area contributed by atoms with Gasteiger partial charge in [-0.15, -0.1) is 0 Å². The third kappa shape index (κ3) is 4.73. The molecule has 8 heteroatoms. The van der Waals surface area contributed by atoms with Crippen molar-refractivity contribution in [3.63, 3.8) is 0 Å². The van der Waals surface area contributed by atoms with Gasteiger partial charge in [-0.05, 0) is 17.7 Å². The van der Waals surface area contributed by atoms with Gasteiger partial charge in [0.05, 0.1) is 5.33 Å². The van der Waals surface area contributed by atoms with E-state index in [4.69, 9.17) is 11.5 Å². The minimum atomic E-state index is -0.0971. The number of aromatic nitrogens is 2. The first kappa shape index (κ1) is 18.7. The van der Waals surface area contributed by atoms with E-state index in [0.29, 0.717) is 23.7 Å². The average molecular weight is 427 g/mol. The van der Waals surface area contributed by atoms with E-state index >= 15 is 0 Å². The first-order valence-corrected chi connectivity index (χ1v) is 9.36. The molecule has 0 aliphatic heterocycles. The number of carbonyl (C=O) groups excluding carboxylic acids is 1. The van der Waals surface area contributed by atoms with Gasteiger partial charge in [0, 0.05) is 17.8 Å². The Labute approximate surface area is 165 Å². The molecule has 0 atom stereocenters. The highest BCUT2D eigenvalue weighted by molar-refractivity contribution is 9.09. The highest BCUT2D eigenvalue weighted by atomic mass is 79.9. The Bertz CT molecular complexity index is 931. The van der Waals surface area contributed by atoms with Crippen LogP contribution in [0.25, 0.3) is 11.3 Å². The predicted octanol–water partition coefficient (Wildman–Crippen LogP) is 3.25. The summed E-state index contributed by atoms with van der Waals surface area (Å²) < 4.78 is 0. The lowest BCUT2D eigenvalue weighted by Crippen LogP contribution is -2.12. The number of anilines is 4. The second kappa shape index (κ2) is 8.50. The van der Waals surface area contributed by atoms with Gasteiger partial charge in [-0.2, -0.15) is 4.98 Å². The number of hydrogen-bond donors (Lipinski definition) is 4. The minimum absolute atomic E-state index is 0.0971. The van der Waals surface area contributed by atoms with E-state index in [2.05, 4.69) is 36.5 Å². The topological polar surface area (TPSA) is 119 Å². The van der Waals surface area contributed by atoms with Crippen LogP contribution in [0.5, 0.6) is 0 Å². The standard InChI is InChI=1S/C19H19BrN6O/c20-10-15(27)24-14-8-6-12(7-9-14)11-23-17-16(13-4-2-1-3-5-13)25-19(22)26-18(17)21/h1-9,23H,10-11H2,(H,24,27)(H4,21,22,25,26). The molecule has 3 aromatic rings. The zero-order chi connectivity index (χ0) is 19.2. The summed E-state index contributed by atoms with van der Waals surface area (Å²) in [6, 6.07) is 17.2. The molecular weight excluding hydrogens is 408 g/mol. The van der Waals surface area contributed by atoms with Crippen molar-refractivity contribution in [3.8, 4) is 11.3 Å². The van der Waals surface area contributed by atoms with Gasteiger partial charge in [-0.25, -0.2) is 4.98 Å². The number of nitrogens with one attached hydrogen (secondary N) is 2. The zero-order valence-electron chi connectivity index (χ0n) is 14.4. The highest BCUT2D eigenvalue weighted by Gasteiger charge is 2.13. The maximum Gasteiger partial charge on any atom is 0.235 e. The van der Waals surface area contributed by atoms with E-state index in [-0.39, 0.29) is 17.2 Å². The maximum absolute atomic E-state index is 11.4. The van der Waals surface area contributed by atoms with Gasteiger partial charge in [0.25, 0.3) is 0 Å². The molecule has 0 radical (unpaired) electrons. The second-order valence-corrected chi connectivity index (χ2v) is 6.35. The summed E-state index contributed by atoms with van der Waals surface area (Å²) in [7, 11) is 0. The van der Waals surface area contributed by atoms with Gasteiger partial charge < -0.3 is 22.1 Å². The Kier molecular flexibility index (Phi) is 5.87. The second-order valence-electron chi connectivity index (χ2n) is 5.79. The van der Waals surface area contributed by atoms with Gasteiger partial charge in [0.1, 0.15) is 11.4 Å². The fraction of sp³-hybridized carbons (Fsp3) is 0.105. The van der Waals surface area contributed by atoms with Crippen LogP contribution in [0.3, 0.4) is 0 Å². The van der Waals surface area contributed by atoms with E-state index in [1.165, 1.54) is 0 Å². The van der Waals surface area contributed by atoms with Gasteiger partial charge in [-0.1, -0.05) is 58.4 Å². The summed E-state index contributed by atoms with van der Waals surface area (Å²) in [6.07, 6.45) is 0. The van der Waals surface area contributed by atoms with Crippen LogP contribution in [0.2, 0.25) is 0 Å². The third-order valence-corrected chi connectivity index (χ3v) is 4.34. The molecule has 1 aromatic heterocycles. The van der Waals surface area contributed by atoms with Crippen LogP contribution in [0.15, 0.2) is 54.6 Å². The fourth-order valence-electron chi connectivity index (χ4n) is 2.57. The predicted molar refractivity (Wildman–Crippen MR) is 112 cm³/mol. The lowest BCUT2D eigenvalue weighted by molar-refractivity contribution is -0.113. The molecular formula is C19H19BrN6O. The van der Waals surface area contributed by atoms with Crippen molar-refractivity contribution in [2.45, 2.75) is 6.54 Å². The minimum Gasteiger partial charge on any atom is -0.382 e. The molecule has 0 saturated carbocycles. The zero-order valence-corrected chi connectivity index (χ0v) is 16.0. The molecule has 0 spiro atoms. The quantitative estimate of drug-likeness (QED) is 0.449. The largest absolute Gasteiger partial charge is 0.382 e. The van der Waals surface area contributed by atoms with E-state index < -0.39 is 0 Å². The molecule has 0 saturated heterocycles. The molecule has 27 heavy (non-hydrogen) atoms. The normalized spacial score (nSPS) is 10.4. The van der Waals surface area contributed by atoms with Crippen molar-refractivity contribution in [1.82, 2.24) is 9.97 Å². The number of halogens is 1. The molecule has 0 aliphatic carbocycles. The van der Waals surface area contributed by atoms with E-state index in [1.807, 2.05) is 54.6 Å². The number of nitrogens with two attached hydrogens (primary N) is 2. The number of nitrogens with zero attached hydrogens (tertiary/aromatic N) is 2. The molecule has 0 unspecified atom stereocenters. The monoisotopic (exact) mass is 426 g/mol. The van der Waals surface area contributed by atoms with Crippen LogP contribution < -0.4 is 22.1 Å². The number of hydrogen-bond acceptors (Lipinski definition) is 6. The summed E-state index contributed by atoms with van der Waals surface area (Å²) >= 11 is 3.12. The smallest absolute Gasteiger partial charge is 0.235 e. The van der Waals surface area contributed by atoms with Crippen LogP contribution in [0.1, 0.15) is 5.56 Å². The Morgan fingerprint density at radius 1 is 1.00 bits per heavy atom. The Morgan fingerprint density at radius 2 is 1.70 bits per heavy atom. The molecule has 0 bridgehead atoms. The van der Waals surface area contributed by atoms with Gasteiger partial charge >= 0.3 is 0 Å². The van der Waals surface area contributed by atoms with Crippen molar-refractivity contribution in [2.75, 3.05) is 27.4 Å². The lowest BCUT2D eigenvalue weighted by atomic mass is 10.1. The maximum atomic E-state index is 11.4. The Hall–Kier alpha value is -3.13. The van der Waals surface area contributed by atoms with Crippen molar-refractivity contribution in [3.05, 3.63) is 60.2 Å². The number of alkyl halides is 1. The molecule has 7 nitrogen and oxygen atoms in total. The molecule has 6 N–H and O–H groups in total. The summed E-state index contributed by atoms with van der Waals surface area (Å²) in [6.45, 7) is 0.518. The van der Waals surface area contributed by atoms with Crippen molar-refractivity contribution >= 4 is 45.0 Å². The number of rotatable bonds is 6. The number of carbonyl (C=O) groups is 1. The average Bonchev–Trinajstić information content (AvgIpc) is 2.68. The van der Waals surface area contributed by atoms with E-state index in [9.17, 15) is 4.79 Å². The van der Waals surface area contributed by atoms with Crippen LogP contribution in [0.4, 0.5) is 23.1 Å². The highest BCUT2D eigenvalue weighted by Crippen LogP contribution is 2.31. The first-order chi connectivity index (χ1) is 13.1. The lowest BCUT2D eigenvalue weighted by Gasteiger charge is -2.14. The van der Waals surface area contributed by atoms with E-state index in [0.717, 1.165) is 16.8 Å². The van der Waals surface area contributed by atoms with Crippen molar-refractivity contribution in [1.29, 1.82) is 0 Å². The molecule has 0 aliphatic rings. The molecule has 2 aromatic carbocycles. The Morgan fingerprint density at radius 3 is 2.37 bits per heavy atom. The fourth-order valence-corrected chi connectivity index (χ4v) is 2.71. The van der Waals surface area contributed by atoms with Crippen molar-refractivity contribution < 1.29 is 4.79 Å².